The summed E-state index contributed by atoms with van der Waals surface area (Å²) in [7, 11) is 2.12. The standard InChI is InChI=1S/C26H30N8O2/c1-16-21(17(2)34-26(30-16)31-18(3)32-34)9-10-27-25(35)23-14-28-22(13-29-23)19-5-7-20(8-6-19)24-15-36-12-11-33(24)4/h5-8,13-14,24H,9-12,15H2,1-4H3,(H,27,35)/t24-/m0/s1. The van der Waals surface area contributed by atoms with Gasteiger partial charge in [0.25, 0.3) is 11.7 Å². The Bertz CT molecular complexity index is 1380. The van der Waals surface area contributed by atoms with Crippen LogP contribution in [-0.4, -0.2) is 73.7 Å². The summed E-state index contributed by atoms with van der Waals surface area (Å²) in [5.74, 6) is 1.01. The fourth-order valence-corrected chi connectivity index (χ4v) is 4.57. The molecule has 1 aromatic carbocycles. The molecular weight excluding hydrogens is 456 g/mol. The van der Waals surface area contributed by atoms with Crippen molar-refractivity contribution < 1.29 is 9.53 Å². The van der Waals surface area contributed by atoms with Gasteiger partial charge in [-0.25, -0.2) is 14.5 Å². The van der Waals surface area contributed by atoms with Crippen molar-refractivity contribution in [3.63, 3.8) is 0 Å². The summed E-state index contributed by atoms with van der Waals surface area (Å²) in [5, 5.41) is 7.33. The van der Waals surface area contributed by atoms with Crippen LogP contribution in [-0.2, 0) is 11.2 Å². The minimum absolute atomic E-state index is 0.259. The van der Waals surface area contributed by atoms with E-state index >= 15 is 0 Å². The van der Waals surface area contributed by atoms with Crippen LogP contribution >= 0.6 is 0 Å². The van der Waals surface area contributed by atoms with Gasteiger partial charge in [0.15, 0.2) is 0 Å². The lowest BCUT2D eigenvalue weighted by atomic mass is 10.0. The van der Waals surface area contributed by atoms with Crippen LogP contribution in [0.1, 0.15) is 44.9 Å². The van der Waals surface area contributed by atoms with Crippen molar-refractivity contribution in [2.45, 2.75) is 33.2 Å². The molecule has 3 aromatic heterocycles. The summed E-state index contributed by atoms with van der Waals surface area (Å²) in [4.78, 5) is 32.6. The Morgan fingerprint density at radius 2 is 1.92 bits per heavy atom. The summed E-state index contributed by atoms with van der Waals surface area (Å²) in [6.45, 7) is 8.63. The molecule has 0 spiro atoms. The van der Waals surface area contributed by atoms with E-state index in [4.69, 9.17) is 4.74 Å². The largest absolute Gasteiger partial charge is 0.378 e. The van der Waals surface area contributed by atoms with Crippen LogP contribution in [0.3, 0.4) is 0 Å². The van der Waals surface area contributed by atoms with Gasteiger partial charge >= 0.3 is 0 Å². The number of ether oxygens (including phenoxy) is 1. The summed E-state index contributed by atoms with van der Waals surface area (Å²) in [6, 6.07) is 8.53. The van der Waals surface area contributed by atoms with E-state index in [1.165, 1.54) is 11.8 Å². The van der Waals surface area contributed by atoms with Crippen molar-refractivity contribution in [3.05, 3.63) is 70.7 Å². The monoisotopic (exact) mass is 486 g/mol. The number of carbonyl (C=O) groups excluding carboxylic acids is 1. The highest BCUT2D eigenvalue weighted by Crippen LogP contribution is 2.25. The molecular formula is C26H30N8O2. The fourth-order valence-electron chi connectivity index (χ4n) is 4.57. The van der Waals surface area contributed by atoms with Gasteiger partial charge in [-0.15, -0.1) is 0 Å². The van der Waals surface area contributed by atoms with Crippen LogP contribution in [0.25, 0.3) is 17.0 Å². The maximum absolute atomic E-state index is 12.6. The first kappa shape index (κ1) is 24.0. The van der Waals surface area contributed by atoms with Gasteiger partial charge in [0.2, 0.25) is 0 Å². The van der Waals surface area contributed by atoms with Gasteiger partial charge in [0.05, 0.1) is 37.3 Å². The van der Waals surface area contributed by atoms with Crippen LogP contribution in [0.5, 0.6) is 0 Å². The van der Waals surface area contributed by atoms with Gasteiger partial charge < -0.3 is 10.1 Å². The number of benzene rings is 1. The van der Waals surface area contributed by atoms with E-state index in [1.54, 1.807) is 10.7 Å². The zero-order chi connectivity index (χ0) is 25.2. The molecule has 36 heavy (non-hydrogen) atoms. The number of aryl methyl sites for hydroxylation is 3. The number of hydrogen-bond acceptors (Lipinski definition) is 8. The van der Waals surface area contributed by atoms with E-state index in [2.05, 4.69) is 54.4 Å². The molecule has 186 valence electrons. The van der Waals surface area contributed by atoms with E-state index in [-0.39, 0.29) is 17.6 Å². The molecule has 4 heterocycles. The molecule has 1 fully saturated rings. The SMILES string of the molecule is Cc1nc2nc(C)c(CCNC(=O)c3cnc(-c4ccc([C@@H]5COCCN5C)cc4)cn3)c(C)n2n1. The predicted molar refractivity (Wildman–Crippen MR) is 135 cm³/mol. The average Bonchev–Trinajstić information content (AvgIpc) is 3.26. The van der Waals surface area contributed by atoms with Gasteiger partial charge in [-0.05, 0) is 45.4 Å². The number of hydrogen-bond donors (Lipinski definition) is 1. The number of fused-ring (bicyclic) bond motifs is 1. The summed E-state index contributed by atoms with van der Waals surface area (Å²) in [5.41, 5.74) is 6.08. The Kier molecular flexibility index (Phi) is 6.71. The van der Waals surface area contributed by atoms with Crippen molar-refractivity contribution in [2.75, 3.05) is 33.4 Å². The highest BCUT2D eigenvalue weighted by molar-refractivity contribution is 5.92. The second-order valence-electron chi connectivity index (χ2n) is 9.12. The Morgan fingerprint density at radius 3 is 2.64 bits per heavy atom. The van der Waals surface area contributed by atoms with Gasteiger partial charge in [-0.2, -0.15) is 10.1 Å². The third kappa shape index (κ3) is 4.82. The van der Waals surface area contributed by atoms with Crippen molar-refractivity contribution in [2.24, 2.45) is 0 Å². The number of rotatable bonds is 6. The smallest absolute Gasteiger partial charge is 0.271 e. The van der Waals surface area contributed by atoms with E-state index in [0.29, 0.717) is 31.2 Å². The fraction of sp³-hybridized carbons (Fsp3) is 0.385. The van der Waals surface area contributed by atoms with E-state index in [9.17, 15) is 4.79 Å². The molecule has 1 amide bonds. The first-order valence-corrected chi connectivity index (χ1v) is 12.1. The topological polar surface area (TPSA) is 110 Å². The number of likely N-dealkylation sites (N-methyl/N-ethyl adjacent to an activating group) is 1. The molecule has 1 saturated heterocycles. The summed E-state index contributed by atoms with van der Waals surface area (Å²) >= 11 is 0. The Balaban J connectivity index is 1.20. The lowest BCUT2D eigenvalue weighted by Crippen LogP contribution is -2.36. The zero-order valence-corrected chi connectivity index (χ0v) is 21.0. The molecule has 4 aromatic rings. The third-order valence-electron chi connectivity index (χ3n) is 6.69. The van der Waals surface area contributed by atoms with Crippen molar-refractivity contribution in [3.8, 4) is 11.3 Å². The number of aromatic nitrogens is 6. The average molecular weight is 487 g/mol. The highest BCUT2D eigenvalue weighted by Gasteiger charge is 2.21. The number of carbonyl (C=O) groups is 1. The Morgan fingerprint density at radius 1 is 1.11 bits per heavy atom. The molecule has 5 rings (SSSR count). The number of amides is 1. The van der Waals surface area contributed by atoms with E-state index < -0.39 is 0 Å². The number of nitrogens with zero attached hydrogens (tertiary/aromatic N) is 7. The van der Waals surface area contributed by atoms with Crippen molar-refractivity contribution >= 4 is 11.7 Å². The van der Waals surface area contributed by atoms with Crippen LogP contribution in [0.15, 0.2) is 36.7 Å². The molecule has 0 unspecified atom stereocenters. The Hall–Kier alpha value is -3.76. The first-order chi connectivity index (χ1) is 17.4. The van der Waals surface area contributed by atoms with Gasteiger partial charge in [-0.1, -0.05) is 24.3 Å². The lowest BCUT2D eigenvalue weighted by Gasteiger charge is -2.32. The number of nitrogens with one attached hydrogen (secondary N) is 1. The minimum Gasteiger partial charge on any atom is -0.378 e. The predicted octanol–water partition coefficient (Wildman–Crippen LogP) is 2.48. The van der Waals surface area contributed by atoms with E-state index in [1.807, 2.05) is 32.9 Å². The molecule has 0 radical (unpaired) electrons. The summed E-state index contributed by atoms with van der Waals surface area (Å²) in [6.07, 6.45) is 3.78. The normalized spacial score (nSPS) is 16.4. The second kappa shape index (κ2) is 10.1. The van der Waals surface area contributed by atoms with Gasteiger partial charge in [0.1, 0.15) is 11.5 Å². The third-order valence-corrected chi connectivity index (χ3v) is 6.69. The van der Waals surface area contributed by atoms with Gasteiger partial charge in [0, 0.05) is 30.0 Å². The van der Waals surface area contributed by atoms with Crippen LogP contribution in [0.4, 0.5) is 0 Å². The maximum Gasteiger partial charge on any atom is 0.271 e. The maximum atomic E-state index is 12.6. The first-order valence-electron chi connectivity index (χ1n) is 12.1. The quantitative estimate of drug-likeness (QED) is 0.443. The number of morpholine rings is 1. The van der Waals surface area contributed by atoms with E-state index in [0.717, 1.165) is 41.4 Å². The zero-order valence-electron chi connectivity index (χ0n) is 21.0. The Labute approximate surface area is 209 Å². The van der Waals surface area contributed by atoms with Crippen molar-refractivity contribution in [1.82, 2.24) is 39.8 Å². The lowest BCUT2D eigenvalue weighted by molar-refractivity contribution is 0.00506. The molecule has 0 aliphatic carbocycles. The molecule has 1 atom stereocenters. The second-order valence-corrected chi connectivity index (χ2v) is 9.12. The molecule has 10 nitrogen and oxygen atoms in total. The highest BCUT2D eigenvalue weighted by atomic mass is 16.5. The molecule has 1 aliphatic heterocycles. The van der Waals surface area contributed by atoms with Gasteiger partial charge in [-0.3, -0.25) is 14.7 Å². The van der Waals surface area contributed by atoms with Crippen LogP contribution in [0.2, 0.25) is 0 Å². The molecule has 10 heteroatoms. The summed E-state index contributed by atoms with van der Waals surface area (Å²) < 4.78 is 7.38. The molecule has 1 aliphatic rings. The van der Waals surface area contributed by atoms with Crippen LogP contribution in [0, 0.1) is 20.8 Å². The van der Waals surface area contributed by atoms with Crippen molar-refractivity contribution in [1.29, 1.82) is 0 Å². The molecule has 1 N–H and O–H groups in total. The minimum atomic E-state index is -0.259. The molecule has 0 bridgehead atoms. The van der Waals surface area contributed by atoms with Crippen LogP contribution < -0.4 is 5.32 Å². The molecule has 0 saturated carbocycles.